The number of carbonyl (C=O) groups is 1. The summed E-state index contributed by atoms with van der Waals surface area (Å²) in [5, 5.41) is 1.53. The second kappa shape index (κ2) is 7.70. The molecule has 0 unspecified atom stereocenters. The lowest BCUT2D eigenvalue weighted by Crippen LogP contribution is -3.06. The number of nitrogens with one attached hydrogen (secondary N) is 1. The Balaban J connectivity index is 2.00. The van der Waals surface area contributed by atoms with Crippen LogP contribution in [0.4, 0.5) is 5.13 Å². The van der Waals surface area contributed by atoms with E-state index in [2.05, 4.69) is 19.1 Å². The number of aromatic nitrogens is 1. The molecule has 3 rings (SSSR count). The first-order valence-corrected chi connectivity index (χ1v) is 9.44. The number of halogens is 2. The molecule has 0 aliphatic heterocycles. The standard InChI is InChI=1S/C18H17Cl2N3OS/c1-22(2)9-10-23(17(24)13-8-7-12(19)11-14(13)20)18-21-15-5-3-4-6-16(15)25-18/h3-8,11H,9-10H2,1-2H3/p+1. The van der Waals surface area contributed by atoms with Gasteiger partial charge in [-0.2, -0.15) is 0 Å². The van der Waals surface area contributed by atoms with E-state index < -0.39 is 0 Å². The first-order valence-electron chi connectivity index (χ1n) is 7.87. The highest BCUT2D eigenvalue weighted by molar-refractivity contribution is 7.22. The first kappa shape index (κ1) is 18.1. The van der Waals surface area contributed by atoms with Crippen molar-refractivity contribution in [2.24, 2.45) is 0 Å². The Bertz CT molecular complexity index is 877. The summed E-state index contributed by atoms with van der Waals surface area (Å²) in [5.74, 6) is -0.165. The van der Waals surface area contributed by atoms with Gasteiger partial charge in [0.05, 0.1) is 48.0 Å². The molecule has 1 aromatic heterocycles. The summed E-state index contributed by atoms with van der Waals surface area (Å²) in [5.41, 5.74) is 1.32. The van der Waals surface area contributed by atoms with E-state index in [0.717, 1.165) is 16.8 Å². The van der Waals surface area contributed by atoms with Crippen molar-refractivity contribution in [3.63, 3.8) is 0 Å². The molecule has 0 saturated heterocycles. The molecule has 0 aliphatic rings. The number of benzene rings is 2. The Morgan fingerprint density at radius 3 is 2.64 bits per heavy atom. The number of thiazole rings is 1. The molecule has 7 heteroatoms. The molecule has 0 atom stereocenters. The molecular weight excluding hydrogens is 377 g/mol. The maximum atomic E-state index is 13.1. The number of carbonyl (C=O) groups excluding carboxylic acids is 1. The molecule has 130 valence electrons. The first-order chi connectivity index (χ1) is 12.0. The zero-order chi connectivity index (χ0) is 18.0. The third-order valence-electron chi connectivity index (χ3n) is 3.76. The van der Waals surface area contributed by atoms with E-state index in [1.54, 1.807) is 23.1 Å². The summed E-state index contributed by atoms with van der Waals surface area (Å²) in [4.78, 5) is 20.7. The average molecular weight is 395 g/mol. The highest BCUT2D eigenvalue weighted by Crippen LogP contribution is 2.30. The Hall–Kier alpha value is -1.66. The van der Waals surface area contributed by atoms with Crippen LogP contribution < -0.4 is 9.80 Å². The van der Waals surface area contributed by atoms with Crippen LogP contribution in [0, 0.1) is 0 Å². The van der Waals surface area contributed by atoms with Crippen LogP contribution in [-0.2, 0) is 0 Å². The molecule has 0 spiro atoms. The van der Waals surface area contributed by atoms with Gasteiger partial charge in [-0.1, -0.05) is 46.7 Å². The molecule has 25 heavy (non-hydrogen) atoms. The fourth-order valence-corrected chi connectivity index (χ4v) is 3.88. The molecule has 0 radical (unpaired) electrons. The van der Waals surface area contributed by atoms with Crippen molar-refractivity contribution in [3.8, 4) is 0 Å². The number of quaternary nitrogens is 1. The molecule has 0 bridgehead atoms. The van der Waals surface area contributed by atoms with Gasteiger partial charge in [0.1, 0.15) is 0 Å². The molecule has 0 saturated carbocycles. The maximum absolute atomic E-state index is 13.1. The summed E-state index contributed by atoms with van der Waals surface area (Å²) in [7, 11) is 4.10. The van der Waals surface area contributed by atoms with Gasteiger partial charge in [-0.3, -0.25) is 9.69 Å². The van der Waals surface area contributed by atoms with E-state index in [-0.39, 0.29) is 5.91 Å². The largest absolute Gasteiger partial charge is 0.338 e. The van der Waals surface area contributed by atoms with Gasteiger partial charge in [0.15, 0.2) is 5.13 Å². The second-order valence-electron chi connectivity index (χ2n) is 6.00. The zero-order valence-corrected chi connectivity index (χ0v) is 16.3. The maximum Gasteiger partial charge on any atom is 0.261 e. The molecule has 1 amide bonds. The SMILES string of the molecule is C[NH+](C)CCN(C(=O)c1ccc(Cl)cc1Cl)c1nc2ccccc2s1. The summed E-state index contributed by atoms with van der Waals surface area (Å²) in [6.07, 6.45) is 0. The number of hydrogen-bond acceptors (Lipinski definition) is 3. The number of hydrogen-bond donors (Lipinski definition) is 1. The topological polar surface area (TPSA) is 37.6 Å². The number of likely N-dealkylation sites (N-methyl/N-ethyl adjacent to an activating group) is 1. The van der Waals surface area contributed by atoms with E-state index in [1.165, 1.54) is 16.2 Å². The van der Waals surface area contributed by atoms with Crippen LogP contribution in [0.2, 0.25) is 10.0 Å². The predicted molar refractivity (Wildman–Crippen MR) is 105 cm³/mol. The van der Waals surface area contributed by atoms with Crippen LogP contribution in [0.1, 0.15) is 10.4 Å². The Morgan fingerprint density at radius 2 is 1.96 bits per heavy atom. The average Bonchev–Trinajstić information content (AvgIpc) is 2.98. The highest BCUT2D eigenvalue weighted by atomic mass is 35.5. The second-order valence-corrected chi connectivity index (χ2v) is 7.85. The third-order valence-corrected chi connectivity index (χ3v) is 5.36. The third kappa shape index (κ3) is 4.12. The van der Waals surface area contributed by atoms with Gasteiger partial charge >= 0.3 is 0 Å². The van der Waals surface area contributed by atoms with Gasteiger partial charge in [0.25, 0.3) is 5.91 Å². The quantitative estimate of drug-likeness (QED) is 0.719. The van der Waals surface area contributed by atoms with E-state index in [0.29, 0.717) is 27.3 Å². The number of amides is 1. The van der Waals surface area contributed by atoms with E-state index in [4.69, 9.17) is 23.2 Å². The van der Waals surface area contributed by atoms with E-state index in [1.807, 2.05) is 24.3 Å². The lowest BCUT2D eigenvalue weighted by molar-refractivity contribution is -0.856. The zero-order valence-electron chi connectivity index (χ0n) is 13.9. The molecule has 1 N–H and O–H groups in total. The number of rotatable bonds is 5. The highest BCUT2D eigenvalue weighted by Gasteiger charge is 2.24. The van der Waals surface area contributed by atoms with Crippen LogP contribution in [0.3, 0.4) is 0 Å². The van der Waals surface area contributed by atoms with Crippen molar-refractivity contribution >= 4 is 55.8 Å². The van der Waals surface area contributed by atoms with E-state index >= 15 is 0 Å². The van der Waals surface area contributed by atoms with Crippen molar-refractivity contribution in [2.45, 2.75) is 0 Å². The number of nitrogens with zero attached hydrogens (tertiary/aromatic N) is 2. The summed E-state index contributed by atoms with van der Waals surface area (Å²) < 4.78 is 1.05. The fraction of sp³-hybridized carbons (Fsp3) is 0.222. The predicted octanol–water partition coefficient (Wildman–Crippen LogP) is 3.39. The van der Waals surface area contributed by atoms with Gasteiger partial charge in [-0.25, -0.2) is 4.98 Å². The van der Waals surface area contributed by atoms with Gasteiger partial charge in [-0.05, 0) is 30.3 Å². The van der Waals surface area contributed by atoms with Gasteiger partial charge in [0, 0.05) is 5.02 Å². The summed E-state index contributed by atoms with van der Waals surface area (Å²) in [6, 6.07) is 12.8. The van der Waals surface area contributed by atoms with Gasteiger partial charge in [-0.15, -0.1) is 0 Å². The molecule has 4 nitrogen and oxygen atoms in total. The van der Waals surface area contributed by atoms with Crippen LogP contribution in [-0.4, -0.2) is 38.1 Å². The van der Waals surface area contributed by atoms with Gasteiger partial charge in [0.2, 0.25) is 0 Å². The number of para-hydroxylation sites is 1. The van der Waals surface area contributed by atoms with Gasteiger partial charge < -0.3 is 4.90 Å². The number of anilines is 1. The van der Waals surface area contributed by atoms with Crippen molar-refractivity contribution in [2.75, 3.05) is 32.1 Å². The minimum absolute atomic E-state index is 0.165. The van der Waals surface area contributed by atoms with Crippen molar-refractivity contribution in [1.29, 1.82) is 0 Å². The smallest absolute Gasteiger partial charge is 0.261 e. The number of fused-ring (bicyclic) bond motifs is 1. The normalized spacial score (nSPS) is 11.2. The molecule has 0 aliphatic carbocycles. The lowest BCUT2D eigenvalue weighted by atomic mass is 10.2. The summed E-state index contributed by atoms with van der Waals surface area (Å²) >= 11 is 13.7. The van der Waals surface area contributed by atoms with Crippen LogP contribution >= 0.6 is 34.5 Å². The Kier molecular flexibility index (Phi) is 5.59. The van der Waals surface area contributed by atoms with E-state index in [9.17, 15) is 4.79 Å². The van der Waals surface area contributed by atoms with Crippen molar-refractivity contribution in [3.05, 3.63) is 58.1 Å². The Morgan fingerprint density at radius 1 is 1.20 bits per heavy atom. The lowest BCUT2D eigenvalue weighted by Gasteiger charge is -2.21. The monoisotopic (exact) mass is 394 g/mol. The molecule has 2 aromatic carbocycles. The molecule has 0 fully saturated rings. The molecule has 1 heterocycles. The van der Waals surface area contributed by atoms with Crippen molar-refractivity contribution in [1.82, 2.24) is 4.98 Å². The van der Waals surface area contributed by atoms with Crippen LogP contribution in [0.5, 0.6) is 0 Å². The fourth-order valence-electron chi connectivity index (χ4n) is 2.40. The van der Waals surface area contributed by atoms with Crippen LogP contribution in [0.15, 0.2) is 42.5 Å². The molecular formula is C18H18Cl2N3OS+. The van der Waals surface area contributed by atoms with Crippen LogP contribution in [0.25, 0.3) is 10.2 Å². The molecule has 3 aromatic rings. The van der Waals surface area contributed by atoms with Crippen molar-refractivity contribution < 1.29 is 9.69 Å². The summed E-state index contributed by atoms with van der Waals surface area (Å²) in [6.45, 7) is 1.35. The minimum atomic E-state index is -0.165. The Labute approximate surface area is 160 Å². The minimum Gasteiger partial charge on any atom is -0.338 e.